The van der Waals surface area contributed by atoms with Gasteiger partial charge in [0.05, 0.1) is 0 Å². The van der Waals surface area contributed by atoms with Crippen molar-refractivity contribution < 1.29 is 9.59 Å². The topological polar surface area (TPSA) is 70.2 Å². The molecule has 0 spiro atoms. The van der Waals surface area contributed by atoms with Crippen molar-refractivity contribution in [1.29, 1.82) is 0 Å². The zero-order chi connectivity index (χ0) is 19.5. The van der Waals surface area contributed by atoms with Crippen LogP contribution in [0.25, 0.3) is 0 Å². The summed E-state index contributed by atoms with van der Waals surface area (Å²) < 4.78 is 0. The molecule has 0 heterocycles. The predicted octanol–water partition coefficient (Wildman–Crippen LogP) is 4.05. The molecule has 0 bridgehead atoms. The molecule has 0 fully saturated rings. The number of aryl methyl sites for hydroxylation is 1. The van der Waals surface area contributed by atoms with Crippen LogP contribution in [0.4, 0.5) is 4.79 Å². The van der Waals surface area contributed by atoms with Gasteiger partial charge in [0, 0.05) is 30.2 Å². The van der Waals surface area contributed by atoms with Crippen molar-refractivity contribution in [2.75, 3.05) is 13.1 Å². The minimum Gasteiger partial charge on any atom is -0.352 e. The number of rotatable bonds is 9. The van der Waals surface area contributed by atoms with E-state index < -0.39 is 0 Å². The average molecular weight is 388 g/mol. The van der Waals surface area contributed by atoms with Gasteiger partial charge >= 0.3 is 6.03 Å². The van der Waals surface area contributed by atoms with E-state index in [-0.39, 0.29) is 11.9 Å². The van der Waals surface area contributed by atoms with Gasteiger partial charge in [-0.15, -0.1) is 0 Å². The van der Waals surface area contributed by atoms with Crippen LogP contribution in [0.1, 0.15) is 40.7 Å². The zero-order valence-electron chi connectivity index (χ0n) is 15.6. The Labute approximate surface area is 165 Å². The van der Waals surface area contributed by atoms with E-state index in [1.54, 1.807) is 12.1 Å². The second-order valence-corrected chi connectivity index (χ2v) is 6.86. The lowest BCUT2D eigenvalue weighted by Gasteiger charge is -2.08. The van der Waals surface area contributed by atoms with Gasteiger partial charge in [-0.05, 0) is 56.0 Å². The maximum atomic E-state index is 12.0. The van der Waals surface area contributed by atoms with Crippen molar-refractivity contribution in [3.8, 4) is 0 Å². The summed E-state index contributed by atoms with van der Waals surface area (Å²) in [6.45, 7) is 3.68. The molecule has 5 nitrogen and oxygen atoms in total. The van der Waals surface area contributed by atoms with Gasteiger partial charge < -0.3 is 16.0 Å². The highest BCUT2D eigenvalue weighted by Gasteiger charge is 2.04. The SMILES string of the molecule is Cc1cccc(C(=O)NCCCCCNC(=O)NCc2ccc(Cl)cc2)c1. The van der Waals surface area contributed by atoms with Crippen molar-refractivity contribution in [2.45, 2.75) is 32.7 Å². The number of nitrogens with one attached hydrogen (secondary N) is 3. The van der Waals surface area contributed by atoms with E-state index in [9.17, 15) is 9.59 Å². The van der Waals surface area contributed by atoms with Gasteiger partial charge in [0.15, 0.2) is 0 Å². The molecule has 2 aromatic carbocycles. The molecule has 2 rings (SSSR count). The molecule has 0 unspecified atom stereocenters. The molecule has 0 aliphatic rings. The summed E-state index contributed by atoms with van der Waals surface area (Å²) in [4.78, 5) is 23.7. The molecule has 0 aliphatic carbocycles. The Bertz CT molecular complexity index is 747. The van der Waals surface area contributed by atoms with Crippen LogP contribution >= 0.6 is 11.6 Å². The Morgan fingerprint density at radius 2 is 1.59 bits per heavy atom. The number of benzene rings is 2. The first-order valence-corrected chi connectivity index (χ1v) is 9.53. The molecular formula is C21H26ClN3O2. The van der Waals surface area contributed by atoms with E-state index in [1.165, 1.54) is 0 Å². The summed E-state index contributed by atoms with van der Waals surface area (Å²) in [5, 5.41) is 9.24. The number of amides is 3. The van der Waals surface area contributed by atoms with Crippen molar-refractivity contribution in [2.24, 2.45) is 0 Å². The maximum absolute atomic E-state index is 12.0. The predicted molar refractivity (Wildman–Crippen MR) is 109 cm³/mol. The number of carbonyl (C=O) groups excluding carboxylic acids is 2. The maximum Gasteiger partial charge on any atom is 0.315 e. The molecule has 144 valence electrons. The molecule has 3 amide bonds. The molecule has 6 heteroatoms. The summed E-state index contributed by atoms with van der Waals surface area (Å²) in [5.74, 6) is -0.0431. The number of hydrogen-bond acceptors (Lipinski definition) is 2. The first-order chi connectivity index (χ1) is 13.0. The average Bonchev–Trinajstić information content (AvgIpc) is 2.66. The van der Waals surface area contributed by atoms with Gasteiger partial charge in [0.2, 0.25) is 0 Å². The van der Waals surface area contributed by atoms with E-state index in [0.29, 0.717) is 30.2 Å². The van der Waals surface area contributed by atoms with E-state index >= 15 is 0 Å². The van der Waals surface area contributed by atoms with E-state index in [4.69, 9.17) is 11.6 Å². The molecule has 0 aromatic heterocycles. The van der Waals surface area contributed by atoms with Crippen LogP contribution in [0.2, 0.25) is 5.02 Å². The summed E-state index contributed by atoms with van der Waals surface area (Å²) in [5.41, 5.74) is 2.76. The van der Waals surface area contributed by atoms with Crippen molar-refractivity contribution in [1.82, 2.24) is 16.0 Å². The molecule has 0 saturated heterocycles. The van der Waals surface area contributed by atoms with Crippen molar-refractivity contribution in [3.63, 3.8) is 0 Å². The van der Waals surface area contributed by atoms with Gasteiger partial charge in [0.1, 0.15) is 0 Å². The second kappa shape index (κ2) is 11.2. The summed E-state index contributed by atoms with van der Waals surface area (Å²) in [6.07, 6.45) is 2.69. The van der Waals surface area contributed by atoms with Gasteiger partial charge in [-0.2, -0.15) is 0 Å². The highest BCUT2D eigenvalue weighted by Crippen LogP contribution is 2.09. The number of hydrogen-bond donors (Lipinski definition) is 3. The molecule has 0 saturated carbocycles. The minimum absolute atomic E-state index is 0.0431. The van der Waals surface area contributed by atoms with Crippen LogP contribution in [-0.4, -0.2) is 25.0 Å². The quantitative estimate of drug-likeness (QED) is 0.568. The van der Waals surface area contributed by atoms with E-state index in [2.05, 4.69) is 16.0 Å². The van der Waals surface area contributed by atoms with Gasteiger partial charge in [-0.25, -0.2) is 4.79 Å². The Morgan fingerprint density at radius 1 is 0.889 bits per heavy atom. The lowest BCUT2D eigenvalue weighted by Crippen LogP contribution is -2.35. The summed E-state index contributed by atoms with van der Waals surface area (Å²) in [6, 6.07) is 14.7. The second-order valence-electron chi connectivity index (χ2n) is 6.42. The lowest BCUT2D eigenvalue weighted by atomic mass is 10.1. The van der Waals surface area contributed by atoms with Crippen LogP contribution in [0.3, 0.4) is 0 Å². The van der Waals surface area contributed by atoms with Crippen LogP contribution in [0.5, 0.6) is 0 Å². The Kier molecular flexibility index (Phi) is 8.65. The lowest BCUT2D eigenvalue weighted by molar-refractivity contribution is 0.0953. The van der Waals surface area contributed by atoms with Gasteiger partial charge in [-0.3, -0.25) is 4.79 Å². The van der Waals surface area contributed by atoms with Crippen LogP contribution < -0.4 is 16.0 Å². The first-order valence-electron chi connectivity index (χ1n) is 9.15. The number of carbonyl (C=O) groups is 2. The third-order valence-corrected chi connectivity index (χ3v) is 4.32. The van der Waals surface area contributed by atoms with E-state index in [0.717, 1.165) is 30.4 Å². The van der Waals surface area contributed by atoms with Crippen molar-refractivity contribution in [3.05, 3.63) is 70.2 Å². The third kappa shape index (κ3) is 8.13. The molecule has 0 aliphatic heterocycles. The molecule has 0 radical (unpaired) electrons. The standard InChI is InChI=1S/C21H26ClN3O2/c1-16-6-5-7-18(14-16)20(26)23-12-3-2-4-13-24-21(27)25-15-17-8-10-19(22)11-9-17/h5-11,14H,2-4,12-13,15H2,1H3,(H,23,26)(H2,24,25,27). The number of urea groups is 1. The highest BCUT2D eigenvalue weighted by molar-refractivity contribution is 6.30. The molecular weight excluding hydrogens is 362 g/mol. The molecule has 3 N–H and O–H groups in total. The molecule has 0 atom stereocenters. The fourth-order valence-electron chi connectivity index (χ4n) is 2.57. The molecule has 27 heavy (non-hydrogen) atoms. The highest BCUT2D eigenvalue weighted by atomic mass is 35.5. The van der Waals surface area contributed by atoms with Gasteiger partial charge in [-0.1, -0.05) is 41.4 Å². The molecule has 2 aromatic rings. The first kappa shape index (κ1) is 20.8. The Morgan fingerprint density at radius 3 is 2.30 bits per heavy atom. The van der Waals surface area contributed by atoms with Crippen LogP contribution in [0, 0.1) is 6.92 Å². The zero-order valence-corrected chi connectivity index (χ0v) is 16.3. The smallest absolute Gasteiger partial charge is 0.315 e. The minimum atomic E-state index is -0.183. The Hall–Kier alpha value is -2.53. The normalized spacial score (nSPS) is 10.3. The summed E-state index contributed by atoms with van der Waals surface area (Å²) in [7, 11) is 0. The monoisotopic (exact) mass is 387 g/mol. The van der Waals surface area contributed by atoms with Crippen molar-refractivity contribution >= 4 is 23.5 Å². The van der Waals surface area contributed by atoms with Crippen LogP contribution in [-0.2, 0) is 6.54 Å². The number of halogens is 1. The number of unbranched alkanes of at least 4 members (excludes halogenated alkanes) is 2. The van der Waals surface area contributed by atoms with Gasteiger partial charge in [0.25, 0.3) is 5.91 Å². The third-order valence-electron chi connectivity index (χ3n) is 4.07. The largest absolute Gasteiger partial charge is 0.352 e. The Balaban J connectivity index is 1.50. The summed E-state index contributed by atoms with van der Waals surface area (Å²) >= 11 is 5.83. The fraction of sp³-hybridized carbons (Fsp3) is 0.333. The van der Waals surface area contributed by atoms with Crippen LogP contribution in [0.15, 0.2) is 48.5 Å². The van der Waals surface area contributed by atoms with E-state index in [1.807, 2.05) is 43.3 Å². The fourth-order valence-corrected chi connectivity index (χ4v) is 2.69.